The van der Waals surface area contributed by atoms with Gasteiger partial charge in [0, 0.05) is 6.42 Å². The second-order valence-corrected chi connectivity index (χ2v) is 8.15. The molecule has 0 fully saturated rings. The van der Waals surface area contributed by atoms with Crippen molar-refractivity contribution >= 4 is 23.7 Å². The van der Waals surface area contributed by atoms with Crippen molar-refractivity contribution in [3.63, 3.8) is 0 Å². The van der Waals surface area contributed by atoms with Crippen LogP contribution in [0.15, 0.2) is 24.3 Å². The van der Waals surface area contributed by atoms with Crippen LogP contribution in [-0.4, -0.2) is 81.0 Å². The summed E-state index contributed by atoms with van der Waals surface area (Å²) < 4.78 is 0. The van der Waals surface area contributed by atoms with Gasteiger partial charge in [0.25, 0.3) is 0 Å². The van der Waals surface area contributed by atoms with E-state index in [9.17, 15) is 39.6 Å². The third-order valence-electron chi connectivity index (χ3n) is 5.42. The van der Waals surface area contributed by atoms with E-state index < -0.39 is 66.5 Å². The molecular formula is C22H34N4O8. The molecule has 0 saturated carbocycles. The normalized spacial score (nSPS) is 16.3. The van der Waals surface area contributed by atoms with Gasteiger partial charge in [0.2, 0.25) is 17.7 Å². The van der Waals surface area contributed by atoms with Gasteiger partial charge in [-0.3, -0.25) is 14.4 Å². The number of nitrogens with two attached hydrogens (primary N) is 1. The number of benzene rings is 1. The second kappa shape index (κ2) is 13.5. The third kappa shape index (κ3) is 8.61. The number of carboxylic acids is 1. The molecule has 6 atom stereocenters. The van der Waals surface area contributed by atoms with E-state index in [2.05, 4.69) is 16.0 Å². The molecule has 0 aliphatic rings. The summed E-state index contributed by atoms with van der Waals surface area (Å²) in [6, 6.07) is 0.547. The number of hydrogen-bond acceptors (Lipinski definition) is 8. The van der Waals surface area contributed by atoms with Crippen LogP contribution in [0.5, 0.6) is 5.75 Å². The summed E-state index contributed by atoms with van der Waals surface area (Å²) in [6.45, 7) is 3.90. The fourth-order valence-electron chi connectivity index (χ4n) is 2.97. The number of carbonyl (C=O) groups is 4. The van der Waals surface area contributed by atoms with Crippen LogP contribution >= 0.6 is 0 Å². The lowest BCUT2D eigenvalue weighted by atomic mass is 9.98. The summed E-state index contributed by atoms with van der Waals surface area (Å²) in [4.78, 5) is 49.4. The van der Waals surface area contributed by atoms with E-state index in [0.717, 1.165) is 0 Å². The van der Waals surface area contributed by atoms with Gasteiger partial charge in [0.1, 0.15) is 29.9 Å². The minimum Gasteiger partial charge on any atom is -0.508 e. The van der Waals surface area contributed by atoms with Gasteiger partial charge in [-0.05, 0) is 30.5 Å². The van der Waals surface area contributed by atoms with E-state index in [1.165, 1.54) is 31.2 Å². The fourth-order valence-corrected chi connectivity index (χ4v) is 2.97. The van der Waals surface area contributed by atoms with Crippen molar-refractivity contribution in [1.29, 1.82) is 0 Å². The van der Waals surface area contributed by atoms with E-state index in [1.807, 2.05) is 0 Å². The molecule has 190 valence electrons. The predicted molar refractivity (Wildman–Crippen MR) is 121 cm³/mol. The minimum atomic E-state index is -1.47. The van der Waals surface area contributed by atoms with Crippen molar-refractivity contribution in [3.05, 3.63) is 29.8 Å². The Labute approximate surface area is 197 Å². The number of phenolic OH excluding ortho intramolecular Hbond substituents is 1. The summed E-state index contributed by atoms with van der Waals surface area (Å²) in [5.41, 5.74) is 6.09. The van der Waals surface area contributed by atoms with E-state index in [-0.39, 0.29) is 12.2 Å². The van der Waals surface area contributed by atoms with Gasteiger partial charge in [-0.1, -0.05) is 32.4 Å². The largest absolute Gasteiger partial charge is 0.508 e. The van der Waals surface area contributed by atoms with Crippen molar-refractivity contribution in [2.24, 2.45) is 11.7 Å². The molecule has 0 saturated heterocycles. The molecule has 12 heteroatoms. The van der Waals surface area contributed by atoms with Crippen LogP contribution in [0.3, 0.4) is 0 Å². The molecule has 9 N–H and O–H groups in total. The maximum atomic E-state index is 13.0. The highest BCUT2D eigenvalue weighted by molar-refractivity contribution is 5.94. The van der Waals surface area contributed by atoms with Gasteiger partial charge in [-0.25, -0.2) is 4.79 Å². The smallest absolute Gasteiger partial charge is 0.326 e. The number of carbonyl (C=O) groups excluding carboxylic acids is 3. The summed E-state index contributed by atoms with van der Waals surface area (Å²) in [5.74, 6) is -4.20. The topological polar surface area (TPSA) is 211 Å². The fraction of sp³-hybridized carbons (Fsp3) is 0.545. The zero-order chi connectivity index (χ0) is 26.0. The molecule has 34 heavy (non-hydrogen) atoms. The molecule has 0 bridgehead atoms. The number of carboxylic acid groups (broad SMARTS) is 1. The first kappa shape index (κ1) is 28.8. The number of nitrogens with one attached hydrogen (secondary N) is 3. The maximum absolute atomic E-state index is 13.0. The average molecular weight is 483 g/mol. The van der Waals surface area contributed by atoms with E-state index in [1.54, 1.807) is 13.8 Å². The zero-order valence-corrected chi connectivity index (χ0v) is 19.4. The zero-order valence-electron chi connectivity index (χ0n) is 19.4. The second-order valence-electron chi connectivity index (χ2n) is 8.15. The van der Waals surface area contributed by atoms with Gasteiger partial charge in [-0.2, -0.15) is 0 Å². The number of aromatic hydroxyl groups is 1. The first-order valence-corrected chi connectivity index (χ1v) is 10.9. The first-order valence-electron chi connectivity index (χ1n) is 10.9. The highest BCUT2D eigenvalue weighted by atomic mass is 16.4. The average Bonchev–Trinajstić information content (AvgIpc) is 2.79. The third-order valence-corrected chi connectivity index (χ3v) is 5.42. The van der Waals surface area contributed by atoms with Crippen LogP contribution in [0.2, 0.25) is 0 Å². The molecule has 3 amide bonds. The Morgan fingerprint density at radius 1 is 0.941 bits per heavy atom. The summed E-state index contributed by atoms with van der Waals surface area (Å²) in [7, 11) is 0. The van der Waals surface area contributed by atoms with Gasteiger partial charge in [0.15, 0.2) is 0 Å². The van der Waals surface area contributed by atoms with Crippen LogP contribution < -0.4 is 21.7 Å². The molecule has 0 aliphatic heterocycles. The quantitative estimate of drug-likeness (QED) is 0.159. The molecule has 0 spiro atoms. The van der Waals surface area contributed by atoms with Crippen LogP contribution in [0, 0.1) is 5.92 Å². The molecule has 0 aromatic heterocycles. The van der Waals surface area contributed by atoms with Crippen LogP contribution in [0.4, 0.5) is 0 Å². The molecule has 6 unspecified atom stereocenters. The highest BCUT2D eigenvalue weighted by Crippen LogP contribution is 2.13. The van der Waals surface area contributed by atoms with Crippen LogP contribution in [0.1, 0.15) is 32.8 Å². The lowest BCUT2D eigenvalue weighted by molar-refractivity contribution is -0.144. The SMILES string of the molecule is CCC(C)C(NC(=O)C(Cc1ccc(O)cc1)NC(=O)C(CO)NC(=O)C(N)C(C)O)C(=O)O. The summed E-state index contributed by atoms with van der Waals surface area (Å²) >= 11 is 0. The van der Waals surface area contributed by atoms with Gasteiger partial charge in [0.05, 0.1) is 12.7 Å². The van der Waals surface area contributed by atoms with Gasteiger partial charge < -0.3 is 42.1 Å². The van der Waals surface area contributed by atoms with Crippen LogP contribution in [0.25, 0.3) is 0 Å². The van der Waals surface area contributed by atoms with E-state index in [4.69, 9.17) is 5.73 Å². The summed E-state index contributed by atoms with van der Waals surface area (Å²) in [5, 5.41) is 45.0. The molecule has 0 aliphatic carbocycles. The standard InChI is InChI=1S/C22H34N4O8/c1-4-11(2)18(22(33)34)26-19(30)15(9-13-5-7-14(29)8-6-13)24-20(31)16(10-27)25-21(32)17(23)12(3)28/h5-8,11-12,15-18,27-29H,4,9-10,23H2,1-3H3,(H,24,31)(H,25,32)(H,26,30)(H,33,34). The van der Waals surface area contributed by atoms with Crippen LogP contribution in [-0.2, 0) is 25.6 Å². The Hall–Kier alpha value is -3.22. The lowest BCUT2D eigenvalue weighted by Crippen LogP contribution is -2.59. The number of rotatable bonds is 13. The van der Waals surface area contributed by atoms with E-state index in [0.29, 0.717) is 12.0 Å². The number of hydrogen-bond donors (Lipinski definition) is 8. The van der Waals surface area contributed by atoms with Crippen molar-refractivity contribution in [2.45, 2.75) is 63.9 Å². The molecule has 12 nitrogen and oxygen atoms in total. The number of aliphatic carboxylic acids is 1. The van der Waals surface area contributed by atoms with Crippen molar-refractivity contribution in [3.8, 4) is 5.75 Å². The Kier molecular flexibility index (Phi) is 11.4. The number of phenols is 1. The molecule has 0 heterocycles. The van der Waals surface area contributed by atoms with Crippen molar-refractivity contribution in [1.82, 2.24) is 16.0 Å². The van der Waals surface area contributed by atoms with E-state index >= 15 is 0 Å². The Morgan fingerprint density at radius 3 is 1.94 bits per heavy atom. The number of aliphatic hydroxyl groups is 2. The molecule has 1 aromatic carbocycles. The lowest BCUT2D eigenvalue weighted by Gasteiger charge is -2.26. The number of aliphatic hydroxyl groups excluding tert-OH is 2. The van der Waals surface area contributed by atoms with Crippen molar-refractivity contribution in [2.75, 3.05) is 6.61 Å². The Bertz CT molecular complexity index is 846. The van der Waals surface area contributed by atoms with Gasteiger partial charge >= 0.3 is 5.97 Å². The molecule has 0 radical (unpaired) electrons. The maximum Gasteiger partial charge on any atom is 0.326 e. The Balaban J connectivity index is 3.09. The van der Waals surface area contributed by atoms with Crippen molar-refractivity contribution < 1.29 is 39.6 Å². The monoisotopic (exact) mass is 482 g/mol. The minimum absolute atomic E-state index is 0.00555. The molecule has 1 aromatic rings. The predicted octanol–water partition coefficient (Wildman–Crippen LogP) is -1.78. The summed E-state index contributed by atoms with van der Waals surface area (Å²) in [6.07, 6.45) is -0.790. The molecular weight excluding hydrogens is 448 g/mol. The Morgan fingerprint density at radius 2 is 1.47 bits per heavy atom. The highest BCUT2D eigenvalue weighted by Gasteiger charge is 2.32. The van der Waals surface area contributed by atoms with Gasteiger partial charge in [-0.15, -0.1) is 0 Å². The number of amides is 3. The molecule has 1 rings (SSSR count). The first-order chi connectivity index (χ1) is 15.9.